The first kappa shape index (κ1) is 60.1. The summed E-state index contributed by atoms with van der Waals surface area (Å²) < 4.78 is 105. The first-order chi connectivity index (χ1) is 34.1. The molecule has 2 amide bonds. The highest BCUT2D eigenvalue weighted by Gasteiger charge is 2.36. The summed E-state index contributed by atoms with van der Waals surface area (Å²) in [6, 6.07) is 13.6. The zero-order valence-electron chi connectivity index (χ0n) is 41.2. The lowest BCUT2D eigenvalue weighted by atomic mass is 10.2. The second-order valence-electron chi connectivity index (χ2n) is 17.8. The van der Waals surface area contributed by atoms with Gasteiger partial charge in [-0.15, -0.1) is 0 Å². The maximum absolute atomic E-state index is 13.8. The maximum Gasteiger partial charge on any atom is 0.410 e. The largest absolute Gasteiger partial charge is 0.465 e. The number of rotatable bonds is 11. The minimum absolute atomic E-state index is 0.0295. The van der Waals surface area contributed by atoms with Crippen molar-refractivity contribution in [2.45, 2.75) is 64.6 Å². The van der Waals surface area contributed by atoms with Crippen molar-refractivity contribution in [2.24, 2.45) is 0 Å². The van der Waals surface area contributed by atoms with E-state index in [0.29, 0.717) is 16.6 Å². The van der Waals surface area contributed by atoms with E-state index in [-0.39, 0.29) is 91.9 Å². The van der Waals surface area contributed by atoms with E-state index < -0.39 is 61.4 Å². The molecule has 2 aromatic carbocycles. The number of alkyl halides is 1. The molecule has 20 nitrogen and oxygen atoms in total. The fourth-order valence-corrected chi connectivity index (χ4v) is 9.83. The lowest BCUT2D eigenvalue weighted by molar-refractivity contribution is 0.0183. The molecule has 4 aromatic rings. The number of piperazine rings is 2. The summed E-state index contributed by atoms with van der Waals surface area (Å²) in [4.78, 5) is 58.1. The molecule has 27 heteroatoms. The van der Waals surface area contributed by atoms with Crippen LogP contribution < -0.4 is 9.03 Å². The number of ether oxygens (including phenoxy) is 4. The summed E-state index contributed by atoms with van der Waals surface area (Å²) in [5.74, 6) is -2.25. The van der Waals surface area contributed by atoms with Gasteiger partial charge in [0, 0.05) is 70.1 Å². The van der Waals surface area contributed by atoms with Crippen LogP contribution in [-0.4, -0.2) is 147 Å². The fourth-order valence-electron chi connectivity index (χ4n) is 6.37. The average Bonchev–Trinajstić information content (AvgIpc) is 3.34. The Labute approximate surface area is 442 Å². The van der Waals surface area contributed by atoms with E-state index in [1.807, 2.05) is 0 Å². The molecule has 1 N–H and O–H groups in total. The van der Waals surface area contributed by atoms with Crippen LogP contribution in [0.1, 0.15) is 73.6 Å². The molecule has 0 saturated carbocycles. The number of hydrogen-bond acceptors (Lipinski definition) is 14. The van der Waals surface area contributed by atoms with Gasteiger partial charge in [-0.3, -0.25) is 19.0 Å². The highest BCUT2D eigenvalue weighted by Crippen LogP contribution is 2.29. The molecule has 2 fully saturated rings. The van der Waals surface area contributed by atoms with Gasteiger partial charge in [-0.05, 0) is 102 Å². The molecule has 0 unspecified atom stereocenters. The van der Waals surface area contributed by atoms with Crippen LogP contribution in [0.5, 0.6) is 0 Å². The number of halogens is 5. The predicted molar refractivity (Wildman–Crippen MR) is 273 cm³/mol. The number of hydrogen-bond donors (Lipinski definition) is 1. The van der Waals surface area contributed by atoms with Crippen molar-refractivity contribution in [1.82, 2.24) is 28.4 Å². The van der Waals surface area contributed by atoms with Crippen molar-refractivity contribution in [3.05, 3.63) is 117 Å². The third-order valence-electron chi connectivity index (χ3n) is 10.0. The lowest BCUT2D eigenvalue weighted by Crippen LogP contribution is -2.54. The summed E-state index contributed by atoms with van der Waals surface area (Å²) in [5, 5.41) is 0.278. The van der Waals surface area contributed by atoms with Crippen LogP contribution in [0.3, 0.4) is 0 Å². The third kappa shape index (κ3) is 18.2. The maximum atomic E-state index is 13.8. The number of pyridine rings is 2. The number of nitrogens with one attached hydrogen (secondary N) is 1. The van der Waals surface area contributed by atoms with Gasteiger partial charge in [0.1, 0.15) is 22.8 Å². The van der Waals surface area contributed by atoms with Crippen molar-refractivity contribution in [1.29, 1.82) is 0 Å². The van der Waals surface area contributed by atoms with E-state index in [1.165, 1.54) is 81.4 Å². The Kier molecular flexibility index (Phi) is 21.5. The van der Waals surface area contributed by atoms with Crippen molar-refractivity contribution in [3.63, 3.8) is 0 Å². The highest BCUT2D eigenvalue weighted by atomic mass is 79.9. The van der Waals surface area contributed by atoms with Crippen LogP contribution in [0.2, 0.25) is 10.0 Å². The summed E-state index contributed by atoms with van der Waals surface area (Å²) in [5.41, 5.74) is 0.928. The summed E-state index contributed by atoms with van der Waals surface area (Å²) in [6.07, 6.45) is 1.80. The van der Waals surface area contributed by atoms with Crippen LogP contribution in [0.4, 0.5) is 29.7 Å². The van der Waals surface area contributed by atoms with E-state index in [2.05, 4.69) is 40.1 Å². The zero-order valence-corrected chi connectivity index (χ0v) is 46.0. The molecule has 0 radical (unpaired) electrons. The van der Waals surface area contributed by atoms with Crippen molar-refractivity contribution >= 4 is 95.1 Å². The van der Waals surface area contributed by atoms with Gasteiger partial charge < -0.3 is 28.7 Å². The Hall–Kier alpha value is -5.44. The third-order valence-corrected chi connectivity index (χ3v) is 14.6. The van der Waals surface area contributed by atoms with E-state index in [4.69, 9.17) is 32.7 Å². The van der Waals surface area contributed by atoms with Gasteiger partial charge in [-0.25, -0.2) is 28.0 Å². The molecule has 400 valence electrons. The van der Waals surface area contributed by atoms with Gasteiger partial charge >= 0.3 is 44.5 Å². The van der Waals surface area contributed by atoms with Crippen LogP contribution in [0.15, 0.2) is 73.1 Å². The topological polar surface area (TPSA) is 227 Å². The van der Waals surface area contributed by atoms with Crippen LogP contribution >= 0.6 is 39.1 Å². The van der Waals surface area contributed by atoms with Crippen LogP contribution in [0.25, 0.3) is 0 Å². The van der Waals surface area contributed by atoms with E-state index in [0.717, 1.165) is 22.1 Å². The molecule has 2 aromatic heterocycles. The van der Waals surface area contributed by atoms with Gasteiger partial charge in [0.25, 0.3) is 0 Å². The number of esters is 2. The average molecular weight is 1170 g/mol. The van der Waals surface area contributed by atoms with Gasteiger partial charge in [-0.1, -0.05) is 39.1 Å². The molecule has 2 aliphatic heterocycles. The SMILES string of the molecule is CC(C)(C)OC(=O)N1CCN(S(=O)(=O)Nc2ccc(F)c(Cl)c2)CC1.COC(=O)c1ccc(CBr)nc1.COC(=O)c1ccc(CN(c2ccc(F)c(Cl)c2)S(=O)(=O)N2CCN(C(=O)OC(C)(C)C)CC2)nc1. The Morgan fingerprint density at radius 2 is 1.10 bits per heavy atom. The number of carbonyl (C=O) groups excluding carboxylic acids is 4. The molecule has 4 heterocycles. The quantitative estimate of drug-likeness (QED) is 0.0855. The van der Waals surface area contributed by atoms with E-state index in [9.17, 15) is 44.8 Å². The number of amides is 2. The van der Waals surface area contributed by atoms with Crippen molar-refractivity contribution in [3.8, 4) is 0 Å². The smallest absolute Gasteiger partial charge is 0.410 e. The number of methoxy groups -OCH3 is 2. The Morgan fingerprint density at radius 3 is 1.49 bits per heavy atom. The zero-order chi connectivity index (χ0) is 54.5. The van der Waals surface area contributed by atoms with E-state index >= 15 is 0 Å². The predicted octanol–water partition coefficient (Wildman–Crippen LogP) is 7.92. The fraction of sp³-hybridized carbons (Fsp3) is 0.435. The molecule has 0 spiro atoms. The first-order valence-electron chi connectivity index (χ1n) is 22.1. The van der Waals surface area contributed by atoms with Crippen LogP contribution in [-0.2, 0) is 51.2 Å². The van der Waals surface area contributed by atoms with Gasteiger partial charge in [0.15, 0.2) is 0 Å². The number of anilines is 2. The molecular weight excluding hydrogens is 1110 g/mol. The van der Waals surface area contributed by atoms with Gasteiger partial charge in [0.05, 0.1) is 64.7 Å². The molecule has 73 heavy (non-hydrogen) atoms. The normalized spacial score (nSPS) is 14.6. The summed E-state index contributed by atoms with van der Waals surface area (Å²) in [7, 11) is -5.38. The minimum atomic E-state index is -4.15. The minimum Gasteiger partial charge on any atom is -0.465 e. The van der Waals surface area contributed by atoms with Gasteiger partial charge in [0.2, 0.25) is 0 Å². The first-order valence-corrected chi connectivity index (χ1v) is 26.8. The monoisotopic (exact) mass is 1160 g/mol. The van der Waals surface area contributed by atoms with Crippen molar-refractivity contribution < 1.29 is 63.7 Å². The molecule has 6 rings (SSSR count). The summed E-state index contributed by atoms with van der Waals surface area (Å²) >= 11 is 14.9. The second-order valence-corrected chi connectivity index (χ2v) is 22.7. The number of benzene rings is 2. The Bertz CT molecular complexity index is 2780. The molecule has 2 saturated heterocycles. The second kappa shape index (κ2) is 26.2. The van der Waals surface area contributed by atoms with E-state index in [1.54, 1.807) is 53.7 Å². The molecule has 2 aliphatic rings. The molecule has 0 aliphatic carbocycles. The number of aromatic nitrogens is 2. The molecular formula is C46H57BrCl2F2N8O12S2. The lowest BCUT2D eigenvalue weighted by Gasteiger charge is -2.37. The summed E-state index contributed by atoms with van der Waals surface area (Å²) in [6.45, 7) is 11.4. The standard InChI is InChI=1S/C23H28ClFN4O6S.C15H21ClFN3O4S.C8H8BrNO2/c1-23(2,3)35-22(31)27-9-11-28(12-10-27)36(32,33)29(18-7-8-20(25)19(24)13-18)15-17-6-5-16(14-26-17)21(30)34-4;1-15(2,3)24-14(21)19-6-8-20(9-7-19)25(22,23)18-11-4-5-13(17)12(16)10-11;1-12-8(11)6-2-3-7(4-9)10-5-6/h5-8,13-14H,9-12,15H2,1-4H3;4-5,10,18H,6-9H2,1-3H3;2-3,5H,4H2,1H3. The van der Waals surface area contributed by atoms with Gasteiger partial charge in [-0.2, -0.15) is 25.4 Å². The Balaban J connectivity index is 0.000000268. The number of nitrogens with zero attached hydrogens (tertiary/aromatic N) is 7. The van der Waals surface area contributed by atoms with Crippen LogP contribution in [0, 0.1) is 11.6 Å². The Morgan fingerprint density at radius 1 is 0.658 bits per heavy atom. The highest BCUT2D eigenvalue weighted by molar-refractivity contribution is 9.08. The molecule has 0 atom stereocenters. The van der Waals surface area contributed by atoms with Crippen molar-refractivity contribution in [2.75, 3.05) is 75.6 Å². The number of carbonyl (C=O) groups is 4. The molecule has 0 bridgehead atoms.